The van der Waals surface area contributed by atoms with Crippen molar-refractivity contribution in [3.05, 3.63) is 38.9 Å². The van der Waals surface area contributed by atoms with Gasteiger partial charge >= 0.3 is 0 Å². The van der Waals surface area contributed by atoms with Gasteiger partial charge in [-0.1, -0.05) is 17.7 Å². The second-order valence-corrected chi connectivity index (χ2v) is 7.48. The molecule has 9 heteroatoms. The number of rotatable bonds is 4. The summed E-state index contributed by atoms with van der Waals surface area (Å²) in [6, 6.07) is 3.97. The zero-order chi connectivity index (χ0) is 15.6. The Morgan fingerprint density at radius 3 is 2.76 bits per heavy atom. The van der Waals surface area contributed by atoms with Gasteiger partial charge in [-0.3, -0.25) is 14.9 Å². The number of nitrogens with zero attached hydrogens (tertiary/aromatic N) is 1. The van der Waals surface area contributed by atoms with Crippen LogP contribution in [0.1, 0.15) is 16.8 Å². The van der Waals surface area contributed by atoms with Crippen LogP contribution in [0, 0.1) is 16.0 Å². The molecule has 1 unspecified atom stereocenters. The van der Waals surface area contributed by atoms with Crippen LogP contribution in [0.5, 0.6) is 0 Å². The number of halogens is 1. The van der Waals surface area contributed by atoms with E-state index in [1.54, 1.807) is 0 Å². The summed E-state index contributed by atoms with van der Waals surface area (Å²) in [5, 5.41) is 13.1. The van der Waals surface area contributed by atoms with Crippen LogP contribution in [0.15, 0.2) is 18.2 Å². The highest BCUT2D eigenvalue weighted by atomic mass is 35.5. The summed E-state index contributed by atoms with van der Waals surface area (Å²) < 4.78 is 22.6. The summed E-state index contributed by atoms with van der Waals surface area (Å²) in [6.45, 7) is 0.205. The van der Waals surface area contributed by atoms with Crippen molar-refractivity contribution in [2.75, 3.05) is 18.1 Å². The molecule has 1 N–H and O–H groups in total. The summed E-state index contributed by atoms with van der Waals surface area (Å²) in [5.74, 6) is -0.495. The largest absolute Gasteiger partial charge is 0.352 e. The van der Waals surface area contributed by atoms with E-state index in [1.165, 1.54) is 18.2 Å². The van der Waals surface area contributed by atoms with E-state index in [0.29, 0.717) is 6.42 Å². The third-order valence-electron chi connectivity index (χ3n) is 3.30. The standard InChI is InChI=1S/C12H13ClN2O5S/c13-11-9(2-1-3-10(11)15(17)18)12(16)14-6-8-4-5-21(19,20)7-8/h1-3,8H,4-7H2,(H,14,16). The molecule has 1 aliphatic heterocycles. The molecule has 114 valence electrons. The predicted octanol–water partition coefficient (Wildman–Crippen LogP) is 1.41. The van der Waals surface area contributed by atoms with E-state index in [0.717, 1.165) is 0 Å². The number of hydrogen-bond donors (Lipinski definition) is 1. The molecule has 0 aromatic heterocycles. The number of hydrogen-bond acceptors (Lipinski definition) is 5. The van der Waals surface area contributed by atoms with E-state index in [4.69, 9.17) is 11.6 Å². The number of nitro benzene ring substituents is 1. The van der Waals surface area contributed by atoms with Gasteiger partial charge in [0.2, 0.25) is 0 Å². The van der Waals surface area contributed by atoms with Crippen LogP contribution in [0.4, 0.5) is 5.69 Å². The van der Waals surface area contributed by atoms with Crippen LogP contribution in [0.25, 0.3) is 0 Å². The molecule has 0 radical (unpaired) electrons. The Bertz CT molecular complexity index is 689. The van der Waals surface area contributed by atoms with Crippen LogP contribution in [0.3, 0.4) is 0 Å². The van der Waals surface area contributed by atoms with Crippen LogP contribution >= 0.6 is 11.6 Å². The molecule has 0 aliphatic carbocycles. The highest BCUT2D eigenvalue weighted by molar-refractivity contribution is 7.91. The van der Waals surface area contributed by atoms with Gasteiger partial charge in [0.15, 0.2) is 9.84 Å². The molecule has 1 atom stereocenters. The molecule has 7 nitrogen and oxygen atoms in total. The maximum Gasteiger partial charge on any atom is 0.288 e. The van der Waals surface area contributed by atoms with Crippen LogP contribution in [-0.2, 0) is 9.84 Å². The normalized spacial score (nSPS) is 20.1. The van der Waals surface area contributed by atoms with Crippen molar-refractivity contribution in [1.29, 1.82) is 0 Å². The number of nitro groups is 1. The quantitative estimate of drug-likeness (QED) is 0.662. The van der Waals surface area contributed by atoms with Crippen molar-refractivity contribution in [2.24, 2.45) is 5.92 Å². The molecule has 1 heterocycles. The lowest BCUT2D eigenvalue weighted by atomic mass is 10.1. The van der Waals surface area contributed by atoms with Crippen LogP contribution in [-0.4, -0.2) is 37.3 Å². The average Bonchev–Trinajstić information content (AvgIpc) is 2.75. The summed E-state index contributed by atoms with van der Waals surface area (Å²) in [7, 11) is -3.00. The minimum Gasteiger partial charge on any atom is -0.352 e. The predicted molar refractivity (Wildman–Crippen MR) is 77.2 cm³/mol. The van der Waals surface area contributed by atoms with Crippen molar-refractivity contribution < 1.29 is 18.1 Å². The Balaban J connectivity index is 2.05. The van der Waals surface area contributed by atoms with Crippen molar-refractivity contribution in [2.45, 2.75) is 6.42 Å². The van der Waals surface area contributed by atoms with Gasteiger partial charge in [0.1, 0.15) is 5.02 Å². The Kier molecular flexibility index (Phi) is 4.48. The first-order valence-corrected chi connectivity index (χ1v) is 8.41. The smallest absolute Gasteiger partial charge is 0.288 e. The van der Waals surface area contributed by atoms with Gasteiger partial charge in [-0.25, -0.2) is 8.42 Å². The number of amides is 1. The van der Waals surface area contributed by atoms with Gasteiger partial charge in [-0.2, -0.15) is 0 Å². The summed E-state index contributed by atoms with van der Waals surface area (Å²) in [5.41, 5.74) is -0.334. The summed E-state index contributed by atoms with van der Waals surface area (Å²) in [6.07, 6.45) is 0.505. The molecular weight excluding hydrogens is 320 g/mol. The van der Waals surface area contributed by atoms with E-state index < -0.39 is 20.7 Å². The Hall–Kier alpha value is -1.67. The highest BCUT2D eigenvalue weighted by Gasteiger charge is 2.28. The van der Waals surface area contributed by atoms with Crippen LogP contribution in [0.2, 0.25) is 5.02 Å². The number of benzene rings is 1. The number of nitrogens with one attached hydrogen (secondary N) is 1. The fraction of sp³-hybridized carbons (Fsp3) is 0.417. The summed E-state index contributed by atoms with van der Waals surface area (Å²) >= 11 is 5.84. The first-order valence-electron chi connectivity index (χ1n) is 6.21. The zero-order valence-corrected chi connectivity index (χ0v) is 12.5. The number of carbonyl (C=O) groups is 1. The molecular formula is C12H13ClN2O5S. The van der Waals surface area contributed by atoms with Crippen LogP contribution < -0.4 is 5.32 Å². The molecule has 21 heavy (non-hydrogen) atoms. The molecule has 1 aromatic carbocycles. The molecule has 1 aliphatic rings. The fourth-order valence-corrected chi connectivity index (χ4v) is 4.34. The van der Waals surface area contributed by atoms with Crippen molar-refractivity contribution >= 4 is 33.0 Å². The SMILES string of the molecule is O=C(NCC1CCS(=O)(=O)C1)c1cccc([N+](=O)[O-])c1Cl. The highest BCUT2D eigenvalue weighted by Crippen LogP contribution is 2.27. The maximum atomic E-state index is 12.0. The molecule has 1 fully saturated rings. The number of carbonyl (C=O) groups excluding carboxylic acids is 1. The molecule has 2 rings (SSSR count). The zero-order valence-electron chi connectivity index (χ0n) is 10.9. The third-order valence-corrected chi connectivity index (χ3v) is 5.53. The lowest BCUT2D eigenvalue weighted by molar-refractivity contribution is -0.384. The molecule has 0 saturated carbocycles. The monoisotopic (exact) mass is 332 g/mol. The van der Waals surface area contributed by atoms with E-state index in [9.17, 15) is 23.3 Å². The van der Waals surface area contributed by atoms with Gasteiger partial charge in [-0.05, 0) is 18.4 Å². The first kappa shape index (κ1) is 15.7. The average molecular weight is 333 g/mol. The van der Waals surface area contributed by atoms with Gasteiger partial charge < -0.3 is 5.32 Å². The van der Waals surface area contributed by atoms with Gasteiger partial charge in [0, 0.05) is 12.6 Å². The van der Waals surface area contributed by atoms with Gasteiger partial charge in [0.05, 0.1) is 22.0 Å². The molecule has 1 aromatic rings. The van der Waals surface area contributed by atoms with E-state index in [-0.39, 0.29) is 40.2 Å². The Morgan fingerprint density at radius 1 is 1.48 bits per heavy atom. The minimum absolute atomic E-state index is 0.00622. The van der Waals surface area contributed by atoms with E-state index in [2.05, 4.69) is 5.32 Å². The molecule has 0 bridgehead atoms. The summed E-state index contributed by atoms with van der Waals surface area (Å²) in [4.78, 5) is 22.1. The molecule has 0 spiro atoms. The Labute approximate surface area is 126 Å². The maximum absolute atomic E-state index is 12.0. The van der Waals surface area contributed by atoms with Crippen molar-refractivity contribution in [1.82, 2.24) is 5.32 Å². The van der Waals surface area contributed by atoms with Gasteiger partial charge in [0.25, 0.3) is 11.6 Å². The third kappa shape index (κ3) is 3.70. The second kappa shape index (κ2) is 5.98. The first-order chi connectivity index (χ1) is 9.80. The lowest BCUT2D eigenvalue weighted by Gasteiger charge is -2.10. The Morgan fingerprint density at radius 2 is 2.19 bits per heavy atom. The fourth-order valence-electron chi connectivity index (χ4n) is 2.20. The minimum atomic E-state index is -3.00. The molecule has 1 amide bonds. The van der Waals surface area contributed by atoms with E-state index in [1.807, 2.05) is 0 Å². The lowest BCUT2D eigenvalue weighted by Crippen LogP contribution is -2.30. The van der Waals surface area contributed by atoms with Gasteiger partial charge in [-0.15, -0.1) is 0 Å². The topological polar surface area (TPSA) is 106 Å². The molecule has 1 saturated heterocycles. The second-order valence-electron chi connectivity index (χ2n) is 4.87. The van der Waals surface area contributed by atoms with E-state index >= 15 is 0 Å². The van der Waals surface area contributed by atoms with Crippen molar-refractivity contribution in [3.8, 4) is 0 Å². The van der Waals surface area contributed by atoms with Crippen molar-refractivity contribution in [3.63, 3.8) is 0 Å². The number of sulfone groups is 1.